The number of nitrogens with zero attached hydrogens (tertiary/aromatic N) is 1. The third-order valence-electron chi connectivity index (χ3n) is 3.11. The van der Waals surface area contributed by atoms with Gasteiger partial charge in [0.15, 0.2) is 0 Å². The van der Waals surface area contributed by atoms with Crippen LogP contribution in [-0.4, -0.2) is 35.7 Å². The van der Waals surface area contributed by atoms with Gasteiger partial charge in [-0.25, -0.2) is 4.79 Å². The van der Waals surface area contributed by atoms with E-state index in [1.807, 2.05) is 38.1 Å². The molecule has 0 saturated carbocycles. The Hall–Kier alpha value is -1.26. The van der Waals surface area contributed by atoms with Gasteiger partial charge in [0.1, 0.15) is 0 Å². The molecule has 1 aromatic carbocycles. The Morgan fingerprint density at radius 3 is 2.70 bits per heavy atom. The van der Waals surface area contributed by atoms with E-state index in [0.717, 1.165) is 18.4 Å². The summed E-state index contributed by atoms with van der Waals surface area (Å²) in [7, 11) is 0. The summed E-state index contributed by atoms with van der Waals surface area (Å²) in [5, 5.41) is 12.7. The van der Waals surface area contributed by atoms with Crippen LogP contribution in [0.1, 0.15) is 38.3 Å². The molecule has 0 saturated heterocycles. The van der Waals surface area contributed by atoms with E-state index >= 15 is 0 Å². The maximum atomic E-state index is 12.2. The first-order valence-electron chi connectivity index (χ1n) is 7.04. The molecule has 2 amide bonds. The lowest BCUT2D eigenvalue weighted by atomic mass is 10.1. The van der Waals surface area contributed by atoms with Crippen LogP contribution in [0.15, 0.2) is 24.3 Å². The molecular formula is C15H23ClN2O2. The molecule has 0 aliphatic rings. The number of carbonyl (C=O) groups is 1. The van der Waals surface area contributed by atoms with Crippen LogP contribution in [0.4, 0.5) is 4.79 Å². The highest BCUT2D eigenvalue weighted by atomic mass is 35.5. The van der Waals surface area contributed by atoms with Crippen molar-refractivity contribution in [1.29, 1.82) is 0 Å². The Kier molecular flexibility index (Phi) is 7.41. The zero-order valence-corrected chi connectivity index (χ0v) is 12.9. The molecule has 0 spiro atoms. The van der Waals surface area contributed by atoms with Crippen molar-refractivity contribution in [2.24, 2.45) is 0 Å². The monoisotopic (exact) mass is 298 g/mol. The lowest BCUT2D eigenvalue weighted by Crippen LogP contribution is -2.43. The Morgan fingerprint density at radius 1 is 1.40 bits per heavy atom. The zero-order valence-electron chi connectivity index (χ0n) is 12.1. The highest BCUT2D eigenvalue weighted by molar-refractivity contribution is 6.30. The summed E-state index contributed by atoms with van der Waals surface area (Å²) in [6.45, 7) is 4.99. The average Bonchev–Trinajstić information content (AvgIpc) is 2.44. The number of urea groups is 1. The molecule has 1 unspecified atom stereocenters. The number of nitrogens with one attached hydrogen (secondary N) is 1. The van der Waals surface area contributed by atoms with Crippen LogP contribution < -0.4 is 5.32 Å². The number of halogens is 1. The minimum Gasteiger partial charge on any atom is -0.395 e. The van der Waals surface area contributed by atoms with Gasteiger partial charge in [-0.3, -0.25) is 0 Å². The van der Waals surface area contributed by atoms with Gasteiger partial charge in [-0.1, -0.05) is 37.6 Å². The third-order valence-corrected chi connectivity index (χ3v) is 3.34. The highest BCUT2D eigenvalue weighted by Gasteiger charge is 2.17. The van der Waals surface area contributed by atoms with Gasteiger partial charge in [0, 0.05) is 18.1 Å². The van der Waals surface area contributed by atoms with Crippen LogP contribution in [0, 0.1) is 0 Å². The van der Waals surface area contributed by atoms with Gasteiger partial charge >= 0.3 is 6.03 Å². The molecule has 0 bridgehead atoms. The number of aliphatic hydroxyl groups is 1. The van der Waals surface area contributed by atoms with Crippen LogP contribution >= 0.6 is 11.6 Å². The number of amides is 2. The molecule has 1 rings (SSSR count). The maximum absolute atomic E-state index is 12.2. The molecule has 0 radical (unpaired) electrons. The van der Waals surface area contributed by atoms with Crippen LogP contribution in [0.3, 0.4) is 0 Å². The predicted molar refractivity (Wildman–Crippen MR) is 82.0 cm³/mol. The van der Waals surface area contributed by atoms with Gasteiger partial charge in [0.25, 0.3) is 0 Å². The summed E-state index contributed by atoms with van der Waals surface area (Å²) < 4.78 is 0. The molecule has 0 aliphatic heterocycles. The van der Waals surface area contributed by atoms with Crippen molar-refractivity contribution >= 4 is 17.6 Å². The first-order valence-corrected chi connectivity index (χ1v) is 7.41. The zero-order chi connectivity index (χ0) is 15.0. The quantitative estimate of drug-likeness (QED) is 0.812. The standard InChI is InChI=1S/C15H23ClN2O2/c1-3-8-18(9-10-19)15(20)17-14(4-2)12-6-5-7-13(16)11-12/h5-7,11,14,19H,3-4,8-10H2,1-2H3,(H,17,20). The predicted octanol–water partition coefficient (Wildman–Crippen LogP) is 3.21. The molecule has 1 aromatic rings. The van der Waals surface area contributed by atoms with Crippen LogP contribution in [0.25, 0.3) is 0 Å². The van der Waals surface area contributed by atoms with Crippen molar-refractivity contribution in [2.45, 2.75) is 32.7 Å². The number of benzene rings is 1. The van der Waals surface area contributed by atoms with Gasteiger partial charge in [-0.2, -0.15) is 0 Å². The fraction of sp³-hybridized carbons (Fsp3) is 0.533. The lowest BCUT2D eigenvalue weighted by molar-refractivity contribution is 0.173. The number of aliphatic hydroxyl groups excluding tert-OH is 1. The second kappa shape index (κ2) is 8.82. The Bertz CT molecular complexity index is 420. The summed E-state index contributed by atoms with van der Waals surface area (Å²) in [6, 6.07) is 7.30. The first-order chi connectivity index (χ1) is 9.62. The molecule has 1 atom stereocenters. The normalized spacial score (nSPS) is 12.0. The molecule has 20 heavy (non-hydrogen) atoms. The second-order valence-electron chi connectivity index (χ2n) is 4.68. The minimum atomic E-state index is -0.146. The Balaban J connectivity index is 2.74. The van der Waals surface area contributed by atoms with Gasteiger partial charge in [0.2, 0.25) is 0 Å². The van der Waals surface area contributed by atoms with Crippen molar-refractivity contribution in [3.8, 4) is 0 Å². The summed E-state index contributed by atoms with van der Waals surface area (Å²) in [5.41, 5.74) is 0.994. The fourth-order valence-electron chi connectivity index (χ4n) is 2.09. The molecule has 2 N–H and O–H groups in total. The van der Waals surface area contributed by atoms with Gasteiger partial charge in [-0.05, 0) is 30.5 Å². The van der Waals surface area contributed by atoms with E-state index < -0.39 is 0 Å². The third kappa shape index (κ3) is 5.02. The van der Waals surface area contributed by atoms with Crippen molar-refractivity contribution in [1.82, 2.24) is 10.2 Å². The average molecular weight is 299 g/mol. The van der Waals surface area contributed by atoms with E-state index in [1.165, 1.54) is 0 Å². The topological polar surface area (TPSA) is 52.6 Å². The lowest BCUT2D eigenvalue weighted by Gasteiger charge is -2.25. The molecular weight excluding hydrogens is 276 g/mol. The molecule has 4 nitrogen and oxygen atoms in total. The number of carbonyl (C=O) groups excluding carboxylic acids is 1. The smallest absolute Gasteiger partial charge is 0.317 e. The summed E-state index contributed by atoms with van der Waals surface area (Å²) in [6.07, 6.45) is 1.65. The van der Waals surface area contributed by atoms with E-state index in [9.17, 15) is 4.79 Å². The molecule has 0 aromatic heterocycles. The van der Waals surface area contributed by atoms with Gasteiger partial charge in [0.05, 0.1) is 12.6 Å². The minimum absolute atomic E-state index is 0.0264. The van der Waals surface area contributed by atoms with E-state index in [1.54, 1.807) is 4.90 Å². The van der Waals surface area contributed by atoms with Crippen molar-refractivity contribution < 1.29 is 9.90 Å². The van der Waals surface area contributed by atoms with E-state index in [2.05, 4.69) is 5.32 Å². The van der Waals surface area contributed by atoms with Crippen LogP contribution in [0.2, 0.25) is 5.02 Å². The summed E-state index contributed by atoms with van der Waals surface area (Å²) in [4.78, 5) is 13.9. The van der Waals surface area contributed by atoms with Crippen molar-refractivity contribution in [2.75, 3.05) is 19.7 Å². The molecule has 5 heteroatoms. The highest BCUT2D eigenvalue weighted by Crippen LogP contribution is 2.20. The van der Waals surface area contributed by atoms with Crippen LogP contribution in [0.5, 0.6) is 0 Å². The van der Waals surface area contributed by atoms with Crippen molar-refractivity contribution in [3.63, 3.8) is 0 Å². The summed E-state index contributed by atoms with van der Waals surface area (Å²) >= 11 is 5.99. The first kappa shape index (κ1) is 16.8. The Labute approximate surface area is 125 Å². The van der Waals surface area contributed by atoms with E-state index in [-0.39, 0.29) is 18.7 Å². The molecule has 0 heterocycles. The SMILES string of the molecule is CCCN(CCO)C(=O)NC(CC)c1cccc(Cl)c1. The maximum Gasteiger partial charge on any atom is 0.317 e. The van der Waals surface area contributed by atoms with E-state index in [0.29, 0.717) is 18.1 Å². The van der Waals surface area contributed by atoms with Crippen molar-refractivity contribution in [3.05, 3.63) is 34.9 Å². The van der Waals surface area contributed by atoms with Gasteiger partial charge < -0.3 is 15.3 Å². The van der Waals surface area contributed by atoms with Gasteiger partial charge in [-0.15, -0.1) is 0 Å². The second-order valence-corrected chi connectivity index (χ2v) is 5.11. The summed E-state index contributed by atoms with van der Waals surface area (Å²) in [5.74, 6) is 0. The fourth-order valence-corrected chi connectivity index (χ4v) is 2.29. The molecule has 0 aliphatic carbocycles. The largest absolute Gasteiger partial charge is 0.395 e. The molecule has 0 fully saturated rings. The number of rotatable bonds is 7. The molecule has 112 valence electrons. The van der Waals surface area contributed by atoms with Crippen LogP contribution in [-0.2, 0) is 0 Å². The number of hydrogen-bond acceptors (Lipinski definition) is 2. The number of hydrogen-bond donors (Lipinski definition) is 2. The van der Waals surface area contributed by atoms with E-state index in [4.69, 9.17) is 16.7 Å². The Morgan fingerprint density at radius 2 is 2.15 bits per heavy atom.